The Kier molecular flexibility index (Phi) is 8.58. The minimum Gasteiger partial charge on any atom is -0.497 e. The van der Waals surface area contributed by atoms with Crippen LogP contribution in [0, 0.1) is 0 Å². The van der Waals surface area contributed by atoms with Gasteiger partial charge in [-0.2, -0.15) is 0 Å². The maximum atomic E-state index is 5.72. The fourth-order valence-electron chi connectivity index (χ4n) is 6.43. The first-order valence-corrected chi connectivity index (χ1v) is 14.1. The van der Waals surface area contributed by atoms with Crippen LogP contribution in [0.2, 0.25) is 0 Å². The molecule has 7 heteroatoms. The number of thiocarbonyl (C=S) groups is 1. The van der Waals surface area contributed by atoms with Gasteiger partial charge in [0.15, 0.2) is 16.6 Å². The fraction of sp³-hybridized carbons (Fsp3) is 0.406. The van der Waals surface area contributed by atoms with Crippen molar-refractivity contribution < 1.29 is 14.2 Å². The molecule has 2 fully saturated rings. The lowest BCUT2D eigenvalue weighted by molar-refractivity contribution is 0.134. The van der Waals surface area contributed by atoms with Gasteiger partial charge in [-0.05, 0) is 85.4 Å². The Morgan fingerprint density at radius 3 is 2.38 bits per heavy atom. The third-order valence-electron chi connectivity index (χ3n) is 8.50. The number of hydrogen-bond donors (Lipinski definition) is 2. The van der Waals surface area contributed by atoms with Gasteiger partial charge in [-0.25, -0.2) is 0 Å². The minimum atomic E-state index is 0.0588. The monoisotopic (exact) mass is 545 g/mol. The first-order chi connectivity index (χ1) is 19.0. The van der Waals surface area contributed by atoms with Crippen molar-refractivity contribution in [1.82, 2.24) is 15.5 Å². The van der Waals surface area contributed by atoms with E-state index in [0.717, 1.165) is 67.7 Å². The van der Waals surface area contributed by atoms with Gasteiger partial charge in [-0.3, -0.25) is 4.90 Å². The number of nitrogens with zero attached hydrogens (tertiary/aromatic N) is 1. The van der Waals surface area contributed by atoms with E-state index in [4.69, 9.17) is 26.4 Å². The molecule has 3 aromatic rings. The van der Waals surface area contributed by atoms with E-state index in [1.807, 2.05) is 6.07 Å². The second-order valence-electron chi connectivity index (χ2n) is 10.6. The Morgan fingerprint density at radius 2 is 1.67 bits per heavy atom. The molecule has 0 radical (unpaired) electrons. The molecule has 5 rings (SSSR count). The number of nitrogens with one attached hydrogen (secondary N) is 2. The summed E-state index contributed by atoms with van der Waals surface area (Å²) in [6.07, 6.45) is 4.30. The van der Waals surface area contributed by atoms with E-state index in [2.05, 4.69) is 82.3 Å². The molecule has 0 spiro atoms. The van der Waals surface area contributed by atoms with Crippen LogP contribution < -0.4 is 24.8 Å². The minimum absolute atomic E-state index is 0.0588. The Hall–Kier alpha value is -3.29. The van der Waals surface area contributed by atoms with Gasteiger partial charge in [0, 0.05) is 30.6 Å². The molecule has 1 aliphatic carbocycles. The standard InChI is InChI=1S/C32H39N3O3S/c1-36-27-12-9-24(10-13-27)22-35-18-17-32(25-11-14-28(37-2)29(19-25)38-3)16-15-26(20-30(32)35)34-31(39)33-21-23-7-5-4-6-8-23/h4-14,19,26,30H,15-18,20-22H2,1-3H3,(H2,33,34,39). The van der Waals surface area contributed by atoms with Crippen LogP contribution in [0.15, 0.2) is 72.8 Å². The largest absolute Gasteiger partial charge is 0.497 e. The SMILES string of the molecule is COc1ccc(CN2CCC3(c4ccc(OC)c(OC)c4)CCC(NC(=S)NCc4ccccc4)CC23)cc1. The van der Waals surface area contributed by atoms with Crippen molar-refractivity contribution in [3.63, 3.8) is 0 Å². The van der Waals surface area contributed by atoms with Gasteiger partial charge in [0.2, 0.25) is 0 Å². The summed E-state index contributed by atoms with van der Waals surface area (Å²) >= 11 is 5.72. The quantitative estimate of drug-likeness (QED) is 0.347. The van der Waals surface area contributed by atoms with E-state index in [0.29, 0.717) is 12.1 Å². The van der Waals surface area contributed by atoms with E-state index in [1.165, 1.54) is 16.7 Å². The van der Waals surface area contributed by atoms with Crippen LogP contribution in [0.25, 0.3) is 0 Å². The van der Waals surface area contributed by atoms with Crippen molar-refractivity contribution in [1.29, 1.82) is 0 Å². The lowest BCUT2D eigenvalue weighted by Gasteiger charge is -2.46. The molecule has 3 unspecified atom stereocenters. The van der Waals surface area contributed by atoms with Crippen LogP contribution in [0.4, 0.5) is 0 Å². The molecule has 6 nitrogen and oxygen atoms in total. The number of methoxy groups -OCH3 is 3. The third-order valence-corrected chi connectivity index (χ3v) is 8.77. The molecule has 2 N–H and O–H groups in total. The Labute approximate surface area is 237 Å². The molecule has 0 bridgehead atoms. The molecule has 0 amide bonds. The summed E-state index contributed by atoms with van der Waals surface area (Å²) in [5.41, 5.74) is 3.92. The van der Waals surface area contributed by atoms with Crippen molar-refractivity contribution in [3.8, 4) is 17.2 Å². The number of fused-ring (bicyclic) bond motifs is 1. The van der Waals surface area contributed by atoms with Crippen LogP contribution in [-0.2, 0) is 18.5 Å². The summed E-state index contributed by atoms with van der Waals surface area (Å²) in [5.74, 6) is 2.45. The lowest BCUT2D eigenvalue weighted by atomic mass is 9.65. The van der Waals surface area contributed by atoms with E-state index in [1.54, 1.807) is 21.3 Å². The molecule has 1 heterocycles. The van der Waals surface area contributed by atoms with Crippen molar-refractivity contribution in [2.75, 3.05) is 27.9 Å². The molecule has 0 aromatic heterocycles. The average Bonchev–Trinajstić information content (AvgIpc) is 3.35. The Balaban J connectivity index is 1.35. The van der Waals surface area contributed by atoms with Crippen molar-refractivity contribution in [3.05, 3.63) is 89.5 Å². The zero-order chi connectivity index (χ0) is 27.2. The topological polar surface area (TPSA) is 55.0 Å². The first kappa shape index (κ1) is 27.3. The van der Waals surface area contributed by atoms with Gasteiger partial charge in [0.25, 0.3) is 0 Å². The van der Waals surface area contributed by atoms with Crippen molar-refractivity contribution in [2.45, 2.75) is 56.3 Å². The van der Waals surface area contributed by atoms with Gasteiger partial charge in [0.05, 0.1) is 21.3 Å². The molecule has 39 heavy (non-hydrogen) atoms. The second kappa shape index (κ2) is 12.3. The lowest BCUT2D eigenvalue weighted by Crippen LogP contribution is -2.53. The molecule has 206 valence electrons. The highest BCUT2D eigenvalue weighted by Crippen LogP contribution is 2.50. The third kappa shape index (κ3) is 5.99. The summed E-state index contributed by atoms with van der Waals surface area (Å²) in [5, 5.41) is 7.77. The summed E-state index contributed by atoms with van der Waals surface area (Å²) in [7, 11) is 5.11. The van der Waals surface area contributed by atoms with Gasteiger partial charge in [-0.15, -0.1) is 0 Å². The molecule has 3 atom stereocenters. The van der Waals surface area contributed by atoms with Gasteiger partial charge in [0.1, 0.15) is 5.75 Å². The van der Waals surface area contributed by atoms with E-state index < -0.39 is 0 Å². The maximum Gasteiger partial charge on any atom is 0.166 e. The molecule has 1 aliphatic heterocycles. The van der Waals surface area contributed by atoms with Gasteiger partial charge < -0.3 is 24.8 Å². The molecular weight excluding hydrogens is 506 g/mol. The Morgan fingerprint density at radius 1 is 0.897 bits per heavy atom. The second-order valence-corrected chi connectivity index (χ2v) is 11.0. The van der Waals surface area contributed by atoms with E-state index in [-0.39, 0.29) is 5.41 Å². The number of hydrogen-bond acceptors (Lipinski definition) is 5. The van der Waals surface area contributed by atoms with Crippen LogP contribution >= 0.6 is 12.2 Å². The first-order valence-electron chi connectivity index (χ1n) is 13.7. The predicted octanol–water partition coefficient (Wildman–Crippen LogP) is 5.44. The summed E-state index contributed by atoms with van der Waals surface area (Å²) in [4.78, 5) is 2.66. The van der Waals surface area contributed by atoms with Gasteiger partial charge in [-0.1, -0.05) is 48.5 Å². The molecular formula is C32H39N3O3S. The smallest absolute Gasteiger partial charge is 0.166 e. The van der Waals surface area contributed by atoms with Crippen LogP contribution in [0.3, 0.4) is 0 Å². The zero-order valence-electron chi connectivity index (χ0n) is 23.1. The highest BCUT2D eigenvalue weighted by molar-refractivity contribution is 7.80. The Bertz CT molecular complexity index is 1250. The van der Waals surface area contributed by atoms with Crippen LogP contribution in [0.1, 0.15) is 42.4 Å². The van der Waals surface area contributed by atoms with E-state index >= 15 is 0 Å². The summed E-state index contributed by atoms with van der Waals surface area (Å²) < 4.78 is 16.6. The van der Waals surface area contributed by atoms with Crippen LogP contribution in [0.5, 0.6) is 17.2 Å². The molecule has 3 aromatic carbocycles. The summed E-state index contributed by atoms with van der Waals surface area (Å²) in [6.45, 7) is 2.68. The van der Waals surface area contributed by atoms with Crippen molar-refractivity contribution >= 4 is 17.3 Å². The molecule has 2 aliphatic rings. The normalized spacial score (nSPS) is 22.5. The van der Waals surface area contributed by atoms with Gasteiger partial charge >= 0.3 is 0 Å². The summed E-state index contributed by atoms with van der Waals surface area (Å²) in [6, 6.07) is 26.0. The predicted molar refractivity (Wildman–Crippen MR) is 160 cm³/mol. The molecule has 1 saturated carbocycles. The average molecular weight is 546 g/mol. The fourth-order valence-corrected chi connectivity index (χ4v) is 6.67. The number of benzene rings is 3. The maximum absolute atomic E-state index is 5.72. The number of likely N-dealkylation sites (tertiary alicyclic amines) is 1. The highest BCUT2D eigenvalue weighted by Gasteiger charge is 2.51. The molecule has 1 saturated heterocycles. The van der Waals surface area contributed by atoms with E-state index in [9.17, 15) is 0 Å². The number of rotatable bonds is 9. The van der Waals surface area contributed by atoms with Crippen molar-refractivity contribution in [2.24, 2.45) is 0 Å². The highest BCUT2D eigenvalue weighted by atomic mass is 32.1. The number of ether oxygens (including phenoxy) is 3. The van der Waals surface area contributed by atoms with Crippen LogP contribution in [-0.4, -0.2) is 50.0 Å². The zero-order valence-corrected chi connectivity index (χ0v) is 23.9.